The van der Waals surface area contributed by atoms with Crippen molar-refractivity contribution in [1.29, 1.82) is 0 Å². The third-order valence-electron chi connectivity index (χ3n) is 6.06. The van der Waals surface area contributed by atoms with Crippen molar-refractivity contribution in [1.82, 2.24) is 0 Å². The molecular weight excluding hydrogens is 356 g/mol. The lowest BCUT2D eigenvalue weighted by Crippen LogP contribution is -2.17. The molecule has 0 aromatic rings. The molecule has 27 heavy (non-hydrogen) atoms. The van der Waals surface area contributed by atoms with Crippen LogP contribution in [0.3, 0.4) is 0 Å². The summed E-state index contributed by atoms with van der Waals surface area (Å²) in [6, 6.07) is 0. The fourth-order valence-corrected chi connectivity index (χ4v) is 4.92. The van der Waals surface area contributed by atoms with E-state index in [9.17, 15) is 8.42 Å². The molecule has 3 nitrogen and oxygen atoms in total. The van der Waals surface area contributed by atoms with Gasteiger partial charge < -0.3 is 0 Å². The van der Waals surface area contributed by atoms with E-state index >= 15 is 0 Å². The Bertz CT molecular complexity index is 470. The molecule has 160 valence electrons. The molecule has 0 saturated heterocycles. The summed E-state index contributed by atoms with van der Waals surface area (Å²) >= 11 is 0. The second kappa shape index (κ2) is 15.6. The van der Waals surface area contributed by atoms with Crippen molar-refractivity contribution in [3.05, 3.63) is 12.2 Å². The Morgan fingerprint density at radius 2 is 1.37 bits per heavy atom. The van der Waals surface area contributed by atoms with Crippen molar-refractivity contribution in [2.75, 3.05) is 5.75 Å². The van der Waals surface area contributed by atoms with Gasteiger partial charge in [0.25, 0.3) is 10.1 Å². The largest absolute Gasteiger partial charge is 0.286 e. The minimum absolute atomic E-state index is 0.0848. The molecule has 0 fully saturated rings. The van der Waals surface area contributed by atoms with Crippen LogP contribution in [0.25, 0.3) is 0 Å². The first kappa shape index (κ1) is 24.7. The highest BCUT2D eigenvalue weighted by atomic mass is 32.2. The molecule has 4 heteroatoms. The number of hydrogen-bond acceptors (Lipinski definition) is 2. The van der Waals surface area contributed by atoms with Crippen molar-refractivity contribution >= 4 is 10.1 Å². The highest BCUT2D eigenvalue weighted by molar-refractivity contribution is 7.85. The van der Waals surface area contributed by atoms with E-state index in [4.69, 9.17) is 4.55 Å². The molecule has 0 heterocycles. The Kier molecular flexibility index (Phi) is 14.2. The van der Waals surface area contributed by atoms with Gasteiger partial charge in [0, 0.05) is 0 Å². The smallest absolute Gasteiger partial charge is 0.264 e. The molecule has 1 rings (SSSR count). The molecule has 1 aliphatic rings. The molecule has 1 aliphatic carbocycles. The summed E-state index contributed by atoms with van der Waals surface area (Å²) in [5, 5.41) is 0. The number of allylic oxidation sites excluding steroid dienone is 2. The maximum atomic E-state index is 10.9. The quantitative estimate of drug-likeness (QED) is 0.158. The van der Waals surface area contributed by atoms with Crippen molar-refractivity contribution < 1.29 is 13.0 Å². The molecule has 0 spiro atoms. The molecule has 2 unspecified atom stereocenters. The Balaban J connectivity index is 2.00. The first-order chi connectivity index (χ1) is 13.0. The van der Waals surface area contributed by atoms with E-state index < -0.39 is 10.1 Å². The Morgan fingerprint density at radius 1 is 0.815 bits per heavy atom. The third-order valence-corrected chi connectivity index (χ3v) is 6.87. The summed E-state index contributed by atoms with van der Waals surface area (Å²) in [6.45, 7) is 2.27. The predicted molar refractivity (Wildman–Crippen MR) is 117 cm³/mol. The topological polar surface area (TPSA) is 54.4 Å². The molecule has 0 radical (unpaired) electrons. The van der Waals surface area contributed by atoms with E-state index in [1.807, 2.05) is 0 Å². The maximum Gasteiger partial charge on any atom is 0.264 e. The Hall–Kier alpha value is -0.350. The molecule has 1 N–H and O–H groups in total. The van der Waals surface area contributed by atoms with Crippen LogP contribution in [0.2, 0.25) is 0 Å². The summed E-state index contributed by atoms with van der Waals surface area (Å²) in [5.74, 6) is 1.13. The molecular formula is C23H44O3S. The fourth-order valence-electron chi connectivity index (χ4n) is 4.39. The molecule has 0 saturated carbocycles. The number of hydrogen-bond donors (Lipinski definition) is 1. The van der Waals surface area contributed by atoms with Crippen LogP contribution < -0.4 is 0 Å². The van der Waals surface area contributed by atoms with Gasteiger partial charge in [0.05, 0.1) is 5.75 Å². The van der Waals surface area contributed by atoms with Crippen LogP contribution >= 0.6 is 0 Å². The fraction of sp³-hybridized carbons (Fsp3) is 0.913. The van der Waals surface area contributed by atoms with Crippen molar-refractivity contribution in [2.24, 2.45) is 11.8 Å². The van der Waals surface area contributed by atoms with Crippen LogP contribution in [0.15, 0.2) is 12.2 Å². The van der Waals surface area contributed by atoms with Gasteiger partial charge >= 0.3 is 0 Å². The van der Waals surface area contributed by atoms with Crippen LogP contribution in [0.1, 0.15) is 116 Å². The minimum Gasteiger partial charge on any atom is -0.286 e. The monoisotopic (exact) mass is 400 g/mol. The molecule has 2 atom stereocenters. The van der Waals surface area contributed by atoms with Gasteiger partial charge in [-0.1, -0.05) is 96.1 Å². The summed E-state index contributed by atoms with van der Waals surface area (Å²) in [6.07, 6.45) is 26.3. The van der Waals surface area contributed by atoms with E-state index in [0.717, 1.165) is 12.8 Å². The summed E-state index contributed by atoms with van der Waals surface area (Å²) in [4.78, 5) is 0. The molecule has 0 aliphatic heterocycles. The van der Waals surface area contributed by atoms with Crippen LogP contribution in [0.4, 0.5) is 0 Å². The van der Waals surface area contributed by atoms with Gasteiger partial charge in [0.2, 0.25) is 0 Å². The summed E-state index contributed by atoms with van der Waals surface area (Å²) in [7, 11) is -3.80. The minimum atomic E-state index is -3.80. The van der Waals surface area contributed by atoms with Crippen LogP contribution in [-0.2, 0) is 10.1 Å². The molecule has 0 amide bonds. The molecule has 0 aromatic carbocycles. The van der Waals surface area contributed by atoms with Crippen molar-refractivity contribution in [3.63, 3.8) is 0 Å². The molecule has 0 bridgehead atoms. The SMILES string of the molecule is CCCCCCCCCCCCCCC1C=CCCC1CCCS(=O)(=O)O. The van der Waals surface area contributed by atoms with Gasteiger partial charge in [0.1, 0.15) is 0 Å². The first-order valence-electron chi connectivity index (χ1n) is 11.6. The first-order valence-corrected chi connectivity index (χ1v) is 13.3. The number of rotatable bonds is 17. The maximum absolute atomic E-state index is 10.9. The van der Waals surface area contributed by atoms with E-state index in [1.165, 1.54) is 89.9 Å². The van der Waals surface area contributed by atoms with Crippen LogP contribution in [-0.4, -0.2) is 18.7 Å². The predicted octanol–water partition coefficient (Wildman–Crippen LogP) is 7.33. The zero-order valence-electron chi connectivity index (χ0n) is 17.7. The van der Waals surface area contributed by atoms with Gasteiger partial charge in [0.15, 0.2) is 0 Å². The van der Waals surface area contributed by atoms with Gasteiger partial charge in [-0.25, -0.2) is 0 Å². The second-order valence-corrected chi connectivity index (χ2v) is 10.1. The highest BCUT2D eigenvalue weighted by Crippen LogP contribution is 2.32. The zero-order valence-corrected chi connectivity index (χ0v) is 18.5. The normalized spacial score (nSPS) is 20.2. The van der Waals surface area contributed by atoms with Crippen LogP contribution in [0.5, 0.6) is 0 Å². The van der Waals surface area contributed by atoms with Gasteiger partial charge in [-0.05, 0) is 43.9 Å². The van der Waals surface area contributed by atoms with E-state index in [-0.39, 0.29) is 5.75 Å². The van der Waals surface area contributed by atoms with E-state index in [2.05, 4.69) is 19.1 Å². The number of unbranched alkanes of at least 4 members (excludes halogenated alkanes) is 11. The van der Waals surface area contributed by atoms with Gasteiger partial charge in [-0.15, -0.1) is 0 Å². The molecule has 0 aromatic heterocycles. The third kappa shape index (κ3) is 14.3. The zero-order chi connectivity index (χ0) is 19.8. The van der Waals surface area contributed by atoms with Crippen LogP contribution in [0, 0.1) is 11.8 Å². The lowest BCUT2D eigenvalue weighted by atomic mass is 9.78. The van der Waals surface area contributed by atoms with Crippen molar-refractivity contribution in [2.45, 2.75) is 116 Å². The van der Waals surface area contributed by atoms with E-state index in [1.54, 1.807) is 0 Å². The lowest BCUT2D eigenvalue weighted by Gasteiger charge is -2.27. The lowest BCUT2D eigenvalue weighted by molar-refractivity contribution is 0.307. The Morgan fingerprint density at radius 3 is 1.93 bits per heavy atom. The average molecular weight is 401 g/mol. The Labute approximate surface area is 169 Å². The van der Waals surface area contributed by atoms with Gasteiger partial charge in [-0.2, -0.15) is 8.42 Å². The van der Waals surface area contributed by atoms with E-state index in [0.29, 0.717) is 18.3 Å². The average Bonchev–Trinajstić information content (AvgIpc) is 2.63. The summed E-state index contributed by atoms with van der Waals surface area (Å²) < 4.78 is 30.7. The van der Waals surface area contributed by atoms with Gasteiger partial charge in [-0.3, -0.25) is 4.55 Å². The summed E-state index contributed by atoms with van der Waals surface area (Å²) in [5.41, 5.74) is 0. The standard InChI is InChI=1S/C23H44O3S/c1-2-3-4-5-6-7-8-9-10-11-12-13-17-22-18-14-15-19-23(22)20-16-21-27(24,25)26/h14,18,22-23H,2-13,15-17,19-21H2,1H3,(H,24,25,26). The van der Waals surface area contributed by atoms with Crippen molar-refractivity contribution in [3.8, 4) is 0 Å². The highest BCUT2D eigenvalue weighted by Gasteiger charge is 2.21. The second-order valence-electron chi connectivity index (χ2n) is 8.54.